The Morgan fingerprint density at radius 3 is 2.50 bits per heavy atom. The Balaban J connectivity index is 2.91. The molecule has 0 saturated heterocycles. The van der Waals surface area contributed by atoms with E-state index in [1.165, 1.54) is 13.0 Å². The molecule has 1 rings (SSSR count). The normalized spacial score (nSPS) is 12.0. The molecule has 1 nitrogen and oxygen atoms in total. The van der Waals surface area contributed by atoms with Gasteiger partial charge in [-0.25, -0.2) is 0 Å². The van der Waals surface area contributed by atoms with Gasteiger partial charge in [0.2, 0.25) is 0 Å². The molecule has 0 atom stereocenters. The Morgan fingerprint density at radius 2 is 2.00 bits per heavy atom. The van der Waals surface area contributed by atoms with E-state index < -0.39 is 18.4 Å². The summed E-state index contributed by atoms with van der Waals surface area (Å²) in [5, 5.41) is 0. The number of aromatic nitrogens is 1. The van der Waals surface area contributed by atoms with Gasteiger partial charge in [-0.3, -0.25) is 0 Å². The van der Waals surface area contributed by atoms with Gasteiger partial charge < -0.3 is 0 Å². The minimum absolute atomic E-state index is 1.19. The Bertz CT molecular complexity index is 245. The number of aryl methyl sites for hydroxylation is 1. The van der Waals surface area contributed by atoms with Crippen LogP contribution in [0, 0.1) is 0 Å². The molecule has 2 heteroatoms. The molecular formula is C10H19NSn. The molecule has 0 unspecified atom stereocenters. The van der Waals surface area contributed by atoms with Crippen LogP contribution in [0.15, 0.2) is 18.3 Å². The molecule has 0 amide bonds. The van der Waals surface area contributed by atoms with Gasteiger partial charge in [-0.1, -0.05) is 0 Å². The predicted molar refractivity (Wildman–Crippen MR) is 57.7 cm³/mol. The van der Waals surface area contributed by atoms with Crippen LogP contribution < -0.4 is 3.71 Å². The third kappa shape index (κ3) is 2.28. The molecule has 0 spiro atoms. The van der Waals surface area contributed by atoms with Crippen molar-refractivity contribution in [2.45, 2.75) is 34.7 Å². The fraction of sp³-hybridized carbons (Fsp3) is 0.600. The van der Waals surface area contributed by atoms with Crippen molar-refractivity contribution in [3.8, 4) is 0 Å². The molecule has 0 radical (unpaired) electrons. The fourth-order valence-corrected chi connectivity index (χ4v) is 6.22. The molecule has 12 heavy (non-hydrogen) atoms. The van der Waals surface area contributed by atoms with Crippen molar-refractivity contribution < 1.29 is 0 Å². The summed E-state index contributed by atoms with van der Waals surface area (Å²) in [4.78, 5) is 7.41. The number of rotatable bonds is 3. The van der Waals surface area contributed by atoms with Crippen LogP contribution in [0.5, 0.6) is 0 Å². The van der Waals surface area contributed by atoms with Crippen molar-refractivity contribution >= 4 is 22.1 Å². The van der Waals surface area contributed by atoms with E-state index in [0.29, 0.717) is 0 Å². The van der Waals surface area contributed by atoms with Crippen LogP contribution in [0.2, 0.25) is 14.8 Å². The number of nitrogens with zero attached hydrogens (tertiary/aromatic N) is 1. The Kier molecular flexibility index (Phi) is 3.27. The van der Waals surface area contributed by atoms with E-state index in [-0.39, 0.29) is 0 Å². The number of hydrogen-bond acceptors (Lipinski definition) is 0. The minimum atomic E-state index is -1.80. The van der Waals surface area contributed by atoms with Crippen molar-refractivity contribution in [3.63, 3.8) is 0 Å². The van der Waals surface area contributed by atoms with Crippen LogP contribution in [0.3, 0.4) is 0 Å². The summed E-state index contributed by atoms with van der Waals surface area (Å²) in [6.07, 6.45) is 3.46. The van der Waals surface area contributed by atoms with Crippen LogP contribution in [0.4, 0.5) is 0 Å². The predicted octanol–water partition coefficient (Wildman–Crippen LogP) is 2.44. The second-order valence-corrected chi connectivity index (χ2v) is 18.6. The molecule has 1 aromatic rings. The van der Waals surface area contributed by atoms with E-state index >= 15 is 0 Å². The zero-order valence-electron chi connectivity index (χ0n) is 8.59. The molecule has 0 bridgehead atoms. The van der Waals surface area contributed by atoms with Gasteiger partial charge in [-0.15, -0.1) is 0 Å². The molecular weight excluding hydrogens is 253 g/mol. The zero-order valence-corrected chi connectivity index (χ0v) is 11.4. The second-order valence-electron chi connectivity index (χ2n) is 4.34. The maximum atomic E-state index is 2.47. The topological polar surface area (TPSA) is 4.93 Å². The van der Waals surface area contributed by atoms with E-state index in [9.17, 15) is 0 Å². The van der Waals surface area contributed by atoms with Gasteiger partial charge in [0.05, 0.1) is 0 Å². The van der Waals surface area contributed by atoms with Gasteiger partial charge in [-0.05, 0) is 0 Å². The van der Waals surface area contributed by atoms with Gasteiger partial charge in [0.25, 0.3) is 0 Å². The molecule has 0 aliphatic rings. The Hall–Kier alpha value is 0.0787. The van der Waals surface area contributed by atoms with Gasteiger partial charge in [0.1, 0.15) is 0 Å². The van der Waals surface area contributed by atoms with Crippen LogP contribution in [-0.4, -0.2) is 22.9 Å². The first-order chi connectivity index (χ1) is 5.55. The zero-order chi connectivity index (χ0) is 9.19. The maximum absolute atomic E-state index is 2.47. The molecule has 1 heterocycles. The summed E-state index contributed by atoms with van der Waals surface area (Å²) in [6, 6.07) is 4.50. The molecule has 0 aromatic carbocycles. The van der Waals surface area contributed by atoms with Gasteiger partial charge in [0.15, 0.2) is 0 Å². The first-order valence-corrected chi connectivity index (χ1v) is 14.7. The number of hydrogen-bond donors (Lipinski definition) is 0. The summed E-state index contributed by atoms with van der Waals surface area (Å²) in [6.45, 7) is 3.43. The van der Waals surface area contributed by atoms with E-state index in [2.05, 4.69) is 44.6 Å². The first-order valence-electron chi connectivity index (χ1n) is 4.71. The quantitative estimate of drug-likeness (QED) is 0.745. The monoisotopic (exact) mass is 273 g/mol. The van der Waals surface area contributed by atoms with Crippen molar-refractivity contribution in [2.24, 2.45) is 0 Å². The summed E-state index contributed by atoms with van der Waals surface area (Å²) in [5.41, 5.74) is 0. The van der Waals surface area contributed by atoms with Gasteiger partial charge >= 0.3 is 79.7 Å². The van der Waals surface area contributed by atoms with Crippen LogP contribution in [-0.2, 0) is 6.54 Å². The second kappa shape index (κ2) is 3.86. The van der Waals surface area contributed by atoms with Crippen LogP contribution in [0.25, 0.3) is 0 Å². The average molecular weight is 272 g/mol. The molecule has 0 aliphatic carbocycles. The van der Waals surface area contributed by atoms with Crippen molar-refractivity contribution in [1.29, 1.82) is 0 Å². The Morgan fingerprint density at radius 1 is 1.33 bits per heavy atom. The third-order valence-corrected chi connectivity index (χ3v) is 7.74. The van der Waals surface area contributed by atoms with Crippen LogP contribution >= 0.6 is 0 Å². The first kappa shape index (κ1) is 10.2. The van der Waals surface area contributed by atoms with Crippen LogP contribution in [0.1, 0.15) is 13.3 Å². The molecule has 68 valence electrons. The summed E-state index contributed by atoms with van der Waals surface area (Å²) in [7, 11) is 0. The van der Waals surface area contributed by atoms with E-state index in [1.54, 1.807) is 3.71 Å². The van der Waals surface area contributed by atoms with Crippen molar-refractivity contribution in [3.05, 3.63) is 18.3 Å². The summed E-state index contributed by atoms with van der Waals surface area (Å²) >= 11 is -1.80. The van der Waals surface area contributed by atoms with Crippen molar-refractivity contribution in [1.82, 2.24) is 4.57 Å². The fourth-order valence-electron chi connectivity index (χ4n) is 1.53. The van der Waals surface area contributed by atoms with E-state index in [0.717, 1.165) is 0 Å². The van der Waals surface area contributed by atoms with Crippen molar-refractivity contribution in [2.75, 3.05) is 0 Å². The van der Waals surface area contributed by atoms with Gasteiger partial charge in [0, 0.05) is 0 Å². The van der Waals surface area contributed by atoms with E-state index in [4.69, 9.17) is 0 Å². The van der Waals surface area contributed by atoms with Gasteiger partial charge in [-0.2, -0.15) is 0 Å². The third-order valence-electron chi connectivity index (χ3n) is 2.06. The molecule has 0 fully saturated rings. The molecule has 0 aliphatic heterocycles. The van der Waals surface area contributed by atoms with E-state index in [1.807, 2.05) is 0 Å². The molecule has 1 aromatic heterocycles. The average Bonchev–Trinajstić information content (AvgIpc) is 2.34. The summed E-state index contributed by atoms with van der Waals surface area (Å²) in [5.74, 6) is 0. The SMILES string of the molecule is CCCn1ccc[c]1[Sn]([CH3])([CH3])[CH3]. The molecule has 0 N–H and O–H groups in total. The molecule has 0 saturated carbocycles. The Labute approximate surface area is 79.7 Å². The summed E-state index contributed by atoms with van der Waals surface area (Å²) < 4.78 is 4.09. The standard InChI is InChI=1S/C7H10N.3CH3.Sn/c1-2-5-8-6-3-4-7-8;;;;/h3-4,6H,2,5H2,1H3;3*1H3;.